The largest absolute Gasteiger partial charge is 0.461 e. The van der Waals surface area contributed by atoms with E-state index < -0.39 is 33.4 Å². The fourth-order valence-corrected chi connectivity index (χ4v) is 11.2. The quantitative estimate of drug-likeness (QED) is 0.122. The Balaban J connectivity index is 0.878. The van der Waals surface area contributed by atoms with Crippen molar-refractivity contribution in [3.05, 3.63) is 95.7 Å². The van der Waals surface area contributed by atoms with Crippen molar-refractivity contribution in [3.63, 3.8) is 0 Å². The van der Waals surface area contributed by atoms with E-state index in [1.807, 2.05) is 6.07 Å². The summed E-state index contributed by atoms with van der Waals surface area (Å²) in [5.41, 5.74) is 0.634. The van der Waals surface area contributed by atoms with Gasteiger partial charge >= 0.3 is 6.01 Å². The average molecular weight is 844 g/mol. The molecule has 2 bridgehead atoms. The van der Waals surface area contributed by atoms with Gasteiger partial charge in [-0.05, 0) is 80.6 Å². The molecule has 3 aromatic heterocycles. The number of nitrogens with zero attached hydrogens (tertiary/aromatic N) is 8. The highest BCUT2D eigenvalue weighted by Crippen LogP contribution is 2.43. The van der Waals surface area contributed by atoms with Gasteiger partial charge in [0.25, 0.3) is 10.1 Å². The van der Waals surface area contributed by atoms with E-state index in [2.05, 4.69) is 36.1 Å². The zero-order chi connectivity index (χ0) is 41.5. The van der Waals surface area contributed by atoms with E-state index in [9.17, 15) is 12.8 Å². The third-order valence-corrected chi connectivity index (χ3v) is 14.4. The van der Waals surface area contributed by atoms with Crippen LogP contribution in [0.15, 0.2) is 72.0 Å². The van der Waals surface area contributed by atoms with Crippen LogP contribution >= 0.6 is 0 Å². The molecule has 1 N–H and O–H groups in total. The molecular formula is C45H43F2N9O4S. The molecule has 1 saturated carbocycles. The molecule has 0 radical (unpaired) electrons. The Morgan fingerprint density at radius 3 is 2.64 bits per heavy atom. The van der Waals surface area contributed by atoms with E-state index >= 15 is 4.39 Å². The Morgan fingerprint density at radius 2 is 1.82 bits per heavy atom. The van der Waals surface area contributed by atoms with Crippen molar-refractivity contribution in [2.24, 2.45) is 0 Å². The number of hydrogen-bond donors (Lipinski definition) is 1. The number of pyridine rings is 1. The Kier molecular flexibility index (Phi) is 9.30. The van der Waals surface area contributed by atoms with Crippen LogP contribution in [-0.2, 0) is 20.8 Å². The summed E-state index contributed by atoms with van der Waals surface area (Å²) in [6, 6.07) is 15.5. The molecular weight excluding hydrogens is 801 g/mol. The monoisotopic (exact) mass is 843 g/mol. The molecule has 0 spiro atoms. The topological polar surface area (TPSA) is 140 Å². The lowest BCUT2D eigenvalue weighted by Crippen LogP contribution is -2.51. The first-order chi connectivity index (χ1) is 29.6. The van der Waals surface area contributed by atoms with Crippen molar-refractivity contribution < 1.29 is 26.1 Å². The highest BCUT2D eigenvalue weighted by molar-refractivity contribution is 7.86. The number of hydrogen-bond acceptors (Lipinski definition) is 12. The molecule has 0 amide bonds. The molecule has 16 heteroatoms. The molecule has 1 aliphatic carbocycles. The van der Waals surface area contributed by atoms with Crippen LogP contribution in [0.1, 0.15) is 67.8 Å². The van der Waals surface area contributed by atoms with Gasteiger partial charge in [0.05, 0.1) is 34.0 Å². The molecule has 11 rings (SSSR count). The van der Waals surface area contributed by atoms with E-state index in [0.717, 1.165) is 56.5 Å². The number of aromatic nitrogens is 6. The molecule has 6 aromatic rings. The van der Waals surface area contributed by atoms with E-state index in [1.54, 1.807) is 59.7 Å². The second-order valence-electron chi connectivity index (χ2n) is 17.2. The Hall–Kier alpha value is -5.60. The van der Waals surface area contributed by atoms with Gasteiger partial charge in [-0.15, -0.1) is 6.42 Å². The fourth-order valence-electron chi connectivity index (χ4n) is 10.0. The highest BCUT2D eigenvalue weighted by atomic mass is 32.2. The first kappa shape index (κ1) is 38.3. The molecule has 5 aliphatic rings. The van der Waals surface area contributed by atoms with Gasteiger partial charge in [-0.3, -0.25) is 14.1 Å². The van der Waals surface area contributed by atoms with E-state index in [0.29, 0.717) is 66.1 Å². The summed E-state index contributed by atoms with van der Waals surface area (Å²) in [5.74, 6) is 2.96. The van der Waals surface area contributed by atoms with Crippen molar-refractivity contribution in [2.45, 2.75) is 86.0 Å². The summed E-state index contributed by atoms with van der Waals surface area (Å²) in [7, 11) is -4.11. The summed E-state index contributed by atoms with van der Waals surface area (Å²) in [6.07, 6.45) is 14.8. The summed E-state index contributed by atoms with van der Waals surface area (Å²) >= 11 is 0. The summed E-state index contributed by atoms with van der Waals surface area (Å²) in [6.45, 7) is 3.06. The van der Waals surface area contributed by atoms with Crippen molar-refractivity contribution >= 4 is 37.6 Å². The molecule has 13 nitrogen and oxygen atoms in total. The molecule has 5 fully saturated rings. The van der Waals surface area contributed by atoms with E-state index in [1.165, 1.54) is 6.07 Å². The average Bonchev–Trinajstić information content (AvgIpc) is 3.53. The predicted molar refractivity (Wildman–Crippen MR) is 224 cm³/mol. The summed E-state index contributed by atoms with van der Waals surface area (Å²) in [5, 5.41) is 9.69. The molecule has 61 heavy (non-hydrogen) atoms. The number of fused-ring (bicyclic) bond motifs is 5. The maximum atomic E-state index is 17.1. The zero-order valence-corrected chi connectivity index (χ0v) is 34.1. The lowest BCUT2D eigenvalue weighted by atomic mass is 9.94. The van der Waals surface area contributed by atoms with Crippen molar-refractivity contribution in [3.8, 4) is 29.6 Å². The minimum Gasteiger partial charge on any atom is -0.461 e. The van der Waals surface area contributed by atoms with Crippen LogP contribution in [0.2, 0.25) is 0 Å². The minimum absolute atomic E-state index is 0.00405. The Labute approximate surface area is 351 Å². The van der Waals surface area contributed by atoms with Crippen LogP contribution < -0.4 is 15.0 Å². The standard InChI is InChI=1S/C45H43F2N9O4S/c1-2-34-37(46)15-12-28-7-4-9-35(38(28)34)40-39(47)41-36(20-48-40)43(54-22-30-13-14-31(23-54)50-30)52-44(51-41)59-25-45-16-5-17-55(45)24-32(19-45)60-61(57,58)33-8-3-6-27(18-33)21-56-26-49-42(53-56)29-10-11-29/h1,3-4,6-9,12,15,18,20,26,29-32,50H,5,10-11,13-14,16-17,19,21-25H2/t30-,31+,32-,45-/m1/s1. The molecule has 4 saturated heterocycles. The number of halogens is 2. The maximum absolute atomic E-state index is 17.1. The van der Waals surface area contributed by atoms with Crippen LogP contribution in [0.25, 0.3) is 32.9 Å². The number of benzene rings is 3. The SMILES string of the molecule is C#Cc1c(F)ccc2cccc(-c3ncc4c(N5C[C@H]6CC[C@@H](C5)N6)nc(OC[C@]56CCCN5C[C@H](OS(=O)(=O)c5cccc(Cn7cnc(C8CC8)n7)c5)C6)nc4c3F)c12. The van der Waals surface area contributed by atoms with Gasteiger partial charge in [0.2, 0.25) is 0 Å². The highest BCUT2D eigenvalue weighted by Gasteiger charge is 2.51. The molecule has 4 aliphatic heterocycles. The van der Waals surface area contributed by atoms with Gasteiger partial charge in [0.1, 0.15) is 35.8 Å². The Morgan fingerprint density at radius 1 is 0.984 bits per heavy atom. The van der Waals surface area contributed by atoms with Gasteiger partial charge in [-0.25, -0.2) is 18.4 Å². The van der Waals surface area contributed by atoms with Crippen LogP contribution in [0.4, 0.5) is 14.6 Å². The van der Waals surface area contributed by atoms with Crippen LogP contribution in [0.5, 0.6) is 6.01 Å². The molecule has 3 aromatic carbocycles. The molecule has 312 valence electrons. The molecule has 4 atom stereocenters. The number of nitrogens with one attached hydrogen (secondary N) is 1. The lowest BCUT2D eigenvalue weighted by molar-refractivity contribution is 0.107. The maximum Gasteiger partial charge on any atom is 0.319 e. The first-order valence-corrected chi connectivity index (χ1v) is 22.4. The van der Waals surface area contributed by atoms with Gasteiger partial charge in [-0.2, -0.15) is 23.5 Å². The summed E-state index contributed by atoms with van der Waals surface area (Å²) < 4.78 is 73.8. The lowest BCUT2D eigenvalue weighted by Gasteiger charge is -2.34. The normalized spacial score (nSPS) is 23.8. The molecule has 7 heterocycles. The van der Waals surface area contributed by atoms with Gasteiger partial charge in [-0.1, -0.05) is 42.3 Å². The van der Waals surface area contributed by atoms with Crippen molar-refractivity contribution in [2.75, 3.05) is 37.7 Å². The number of terminal acetylenes is 1. The van der Waals surface area contributed by atoms with E-state index in [-0.39, 0.29) is 46.4 Å². The predicted octanol–water partition coefficient (Wildman–Crippen LogP) is 5.95. The number of rotatable bonds is 11. The van der Waals surface area contributed by atoms with Gasteiger partial charge in [0.15, 0.2) is 11.6 Å². The van der Waals surface area contributed by atoms with Crippen molar-refractivity contribution in [1.29, 1.82) is 0 Å². The second-order valence-corrected chi connectivity index (χ2v) is 18.8. The second kappa shape index (κ2) is 14.8. The third-order valence-electron chi connectivity index (χ3n) is 13.1. The zero-order valence-electron chi connectivity index (χ0n) is 33.3. The molecule has 0 unspecified atom stereocenters. The first-order valence-electron chi connectivity index (χ1n) is 21.0. The fraction of sp³-hybridized carbons (Fsp3) is 0.400. The third kappa shape index (κ3) is 6.97. The van der Waals surface area contributed by atoms with Crippen molar-refractivity contribution in [1.82, 2.24) is 39.9 Å². The number of ether oxygens (including phenoxy) is 1. The number of anilines is 1. The number of piperazine rings is 1. The van der Waals surface area contributed by atoms with Gasteiger partial charge < -0.3 is 15.0 Å². The van der Waals surface area contributed by atoms with Crippen LogP contribution in [0, 0.1) is 24.0 Å². The summed E-state index contributed by atoms with van der Waals surface area (Å²) in [4.78, 5) is 23.1. The Bertz CT molecular complexity index is 2870. The van der Waals surface area contributed by atoms with Crippen LogP contribution in [0.3, 0.4) is 0 Å². The van der Waals surface area contributed by atoms with Crippen LogP contribution in [-0.4, -0.2) is 99.5 Å². The van der Waals surface area contributed by atoms with Gasteiger partial charge in [0, 0.05) is 54.8 Å². The van der Waals surface area contributed by atoms with E-state index in [4.69, 9.17) is 25.3 Å². The smallest absolute Gasteiger partial charge is 0.319 e. The minimum atomic E-state index is -4.11.